The van der Waals surface area contributed by atoms with Crippen molar-refractivity contribution < 1.29 is 4.79 Å². The van der Waals surface area contributed by atoms with Gasteiger partial charge in [0.15, 0.2) is 5.78 Å². The van der Waals surface area contributed by atoms with Crippen molar-refractivity contribution in [3.8, 4) is 11.1 Å². The fourth-order valence-electron chi connectivity index (χ4n) is 2.05. The number of hydrogen-bond donors (Lipinski definition) is 0. The summed E-state index contributed by atoms with van der Waals surface area (Å²) in [4.78, 5) is 12.1. The summed E-state index contributed by atoms with van der Waals surface area (Å²) in [5.74, 6) is 0.0556. The molecule has 3 heteroatoms. The molecule has 0 atom stereocenters. The minimum atomic E-state index is 0.0556. The lowest BCUT2D eigenvalue weighted by molar-refractivity contribution is 0.104. The first-order valence-electron chi connectivity index (χ1n) is 4.82. The predicted molar refractivity (Wildman–Crippen MR) is 68.0 cm³/mol. The van der Waals surface area contributed by atoms with Gasteiger partial charge in [-0.25, -0.2) is 0 Å². The average molecular weight is 294 g/mol. The third-order valence-electron chi connectivity index (χ3n) is 2.78. The summed E-state index contributed by atoms with van der Waals surface area (Å²) in [6.07, 6.45) is 0. The van der Waals surface area contributed by atoms with Crippen LogP contribution in [0, 0.1) is 0 Å². The van der Waals surface area contributed by atoms with Gasteiger partial charge in [-0.05, 0) is 33.6 Å². The van der Waals surface area contributed by atoms with Crippen LogP contribution in [0.5, 0.6) is 0 Å². The van der Waals surface area contributed by atoms with Crippen LogP contribution in [0.4, 0.5) is 0 Å². The fraction of sp³-hybridized carbons (Fsp3) is 0. The van der Waals surface area contributed by atoms with Crippen molar-refractivity contribution in [1.82, 2.24) is 0 Å². The molecule has 1 nitrogen and oxygen atoms in total. The average Bonchev–Trinajstić information content (AvgIpc) is 2.59. The number of hydrogen-bond acceptors (Lipinski definition) is 1. The monoisotopic (exact) mass is 292 g/mol. The van der Waals surface area contributed by atoms with Gasteiger partial charge in [-0.15, -0.1) is 0 Å². The summed E-state index contributed by atoms with van der Waals surface area (Å²) in [7, 11) is 0. The Balaban J connectivity index is 2.44. The van der Waals surface area contributed by atoms with E-state index in [2.05, 4.69) is 15.9 Å². The quantitative estimate of drug-likeness (QED) is 0.603. The van der Waals surface area contributed by atoms with Gasteiger partial charge in [0.05, 0.1) is 5.02 Å². The van der Waals surface area contributed by atoms with Crippen molar-refractivity contribution in [3.63, 3.8) is 0 Å². The Labute approximate surface area is 106 Å². The Hall–Kier alpha value is -1.12. The Morgan fingerprint density at radius 2 is 1.62 bits per heavy atom. The highest BCUT2D eigenvalue weighted by atomic mass is 79.9. The fourth-order valence-corrected chi connectivity index (χ4v) is 2.64. The molecule has 3 rings (SSSR count). The van der Waals surface area contributed by atoms with Crippen LogP contribution in [0.3, 0.4) is 0 Å². The first-order valence-corrected chi connectivity index (χ1v) is 5.99. The number of halogens is 2. The number of carbonyl (C=O) groups is 1. The van der Waals surface area contributed by atoms with Gasteiger partial charge < -0.3 is 0 Å². The number of ketones is 1. The Bertz CT molecular complexity index is 619. The second-order valence-corrected chi connectivity index (χ2v) is 4.89. The van der Waals surface area contributed by atoms with Crippen molar-refractivity contribution in [3.05, 3.63) is 57.0 Å². The second kappa shape index (κ2) is 3.44. The maximum atomic E-state index is 12.1. The zero-order valence-electron chi connectivity index (χ0n) is 8.13. The molecule has 0 heterocycles. The van der Waals surface area contributed by atoms with Crippen LogP contribution >= 0.6 is 27.5 Å². The molecule has 0 saturated heterocycles. The van der Waals surface area contributed by atoms with E-state index in [0.717, 1.165) is 21.2 Å². The molecule has 16 heavy (non-hydrogen) atoms. The summed E-state index contributed by atoms with van der Waals surface area (Å²) in [5, 5.41) is 0.607. The molecular formula is C13H6BrClO. The zero-order valence-corrected chi connectivity index (χ0v) is 10.5. The molecular weight excluding hydrogens is 287 g/mol. The largest absolute Gasteiger partial charge is 0.289 e. The van der Waals surface area contributed by atoms with E-state index in [1.165, 1.54) is 0 Å². The van der Waals surface area contributed by atoms with Gasteiger partial charge in [-0.3, -0.25) is 4.79 Å². The molecule has 0 saturated carbocycles. The van der Waals surface area contributed by atoms with Crippen LogP contribution < -0.4 is 0 Å². The Morgan fingerprint density at radius 1 is 0.938 bits per heavy atom. The first-order chi connectivity index (χ1) is 7.70. The van der Waals surface area contributed by atoms with Gasteiger partial charge in [0.25, 0.3) is 0 Å². The highest BCUT2D eigenvalue weighted by Gasteiger charge is 2.28. The summed E-state index contributed by atoms with van der Waals surface area (Å²) in [6.45, 7) is 0. The molecule has 1 aliphatic carbocycles. The molecule has 2 aromatic rings. The predicted octanol–water partition coefficient (Wildman–Crippen LogP) is 4.31. The van der Waals surface area contributed by atoms with Gasteiger partial charge in [0, 0.05) is 21.2 Å². The van der Waals surface area contributed by atoms with E-state index in [9.17, 15) is 4.79 Å². The number of rotatable bonds is 0. The second-order valence-electron chi connectivity index (χ2n) is 3.66. The Morgan fingerprint density at radius 3 is 2.38 bits per heavy atom. The molecule has 0 aliphatic heterocycles. The molecule has 0 bridgehead atoms. The maximum absolute atomic E-state index is 12.1. The van der Waals surface area contributed by atoms with E-state index < -0.39 is 0 Å². The molecule has 0 spiro atoms. The summed E-state index contributed by atoms with van der Waals surface area (Å²) in [5.41, 5.74) is 3.19. The first kappa shape index (κ1) is 10.1. The van der Waals surface area contributed by atoms with Crippen LogP contribution in [0.25, 0.3) is 11.1 Å². The van der Waals surface area contributed by atoms with Crippen LogP contribution in [-0.2, 0) is 0 Å². The van der Waals surface area contributed by atoms with Gasteiger partial charge in [0.1, 0.15) is 0 Å². The van der Waals surface area contributed by atoms with Crippen LogP contribution in [0.1, 0.15) is 15.9 Å². The van der Waals surface area contributed by atoms with Crippen molar-refractivity contribution in [2.45, 2.75) is 0 Å². The highest BCUT2D eigenvalue weighted by molar-refractivity contribution is 9.10. The summed E-state index contributed by atoms with van der Waals surface area (Å²) >= 11 is 9.61. The lowest BCUT2D eigenvalue weighted by Crippen LogP contribution is -1.94. The smallest absolute Gasteiger partial charge is 0.194 e. The molecule has 0 radical (unpaired) electrons. The number of fused-ring (bicyclic) bond motifs is 3. The van der Waals surface area contributed by atoms with Crippen molar-refractivity contribution in [1.29, 1.82) is 0 Å². The number of benzene rings is 2. The Kier molecular flexibility index (Phi) is 2.16. The zero-order chi connectivity index (χ0) is 11.3. The lowest BCUT2D eigenvalue weighted by Gasteiger charge is -2.04. The normalized spacial score (nSPS) is 12.5. The van der Waals surface area contributed by atoms with E-state index >= 15 is 0 Å². The molecule has 78 valence electrons. The third-order valence-corrected chi connectivity index (χ3v) is 4.06. The van der Waals surface area contributed by atoms with E-state index in [1.54, 1.807) is 0 Å². The molecule has 1 aliphatic rings. The van der Waals surface area contributed by atoms with Crippen molar-refractivity contribution in [2.75, 3.05) is 0 Å². The van der Waals surface area contributed by atoms with Crippen LogP contribution in [0.2, 0.25) is 5.02 Å². The molecule has 2 aromatic carbocycles. The molecule has 0 aromatic heterocycles. The van der Waals surface area contributed by atoms with E-state index in [0.29, 0.717) is 10.6 Å². The SMILES string of the molecule is O=C1c2ccccc2-c2c1ccc(Br)c2Cl. The standard InChI is InChI=1S/C13H6BrClO/c14-10-6-5-9-11(12(10)15)7-3-1-2-4-8(7)13(9)16/h1-6H. The van der Waals surface area contributed by atoms with Gasteiger partial charge in [-0.2, -0.15) is 0 Å². The van der Waals surface area contributed by atoms with Crippen LogP contribution in [0.15, 0.2) is 40.9 Å². The minimum absolute atomic E-state index is 0.0556. The maximum Gasteiger partial charge on any atom is 0.194 e. The molecule has 0 N–H and O–H groups in total. The van der Waals surface area contributed by atoms with Gasteiger partial charge in [-0.1, -0.05) is 35.9 Å². The van der Waals surface area contributed by atoms with Gasteiger partial charge >= 0.3 is 0 Å². The van der Waals surface area contributed by atoms with E-state index in [-0.39, 0.29) is 5.78 Å². The third kappa shape index (κ3) is 1.20. The van der Waals surface area contributed by atoms with E-state index in [4.69, 9.17) is 11.6 Å². The minimum Gasteiger partial charge on any atom is -0.289 e. The van der Waals surface area contributed by atoms with Crippen LogP contribution in [-0.4, -0.2) is 5.78 Å². The topological polar surface area (TPSA) is 17.1 Å². The van der Waals surface area contributed by atoms with E-state index in [1.807, 2.05) is 36.4 Å². The summed E-state index contributed by atoms with van der Waals surface area (Å²) < 4.78 is 0.817. The lowest BCUT2D eigenvalue weighted by atomic mass is 10.1. The molecule has 0 unspecified atom stereocenters. The number of carbonyl (C=O) groups excluding carboxylic acids is 1. The van der Waals surface area contributed by atoms with Gasteiger partial charge in [0.2, 0.25) is 0 Å². The molecule has 0 amide bonds. The molecule has 0 fully saturated rings. The van der Waals surface area contributed by atoms with Crippen molar-refractivity contribution >= 4 is 33.3 Å². The van der Waals surface area contributed by atoms with Crippen molar-refractivity contribution in [2.24, 2.45) is 0 Å². The summed E-state index contributed by atoms with van der Waals surface area (Å²) in [6, 6.07) is 11.2. The highest BCUT2D eigenvalue weighted by Crippen LogP contribution is 2.43.